The molecule has 5 heteroatoms. The van der Waals surface area contributed by atoms with Crippen LogP contribution in [0.2, 0.25) is 0 Å². The fourth-order valence-electron chi connectivity index (χ4n) is 4.72. The molecule has 1 spiro atoms. The van der Waals surface area contributed by atoms with E-state index in [-0.39, 0.29) is 22.2 Å². The van der Waals surface area contributed by atoms with Gasteiger partial charge in [-0.05, 0) is 25.2 Å². The van der Waals surface area contributed by atoms with Crippen molar-refractivity contribution < 1.29 is 9.47 Å². The summed E-state index contributed by atoms with van der Waals surface area (Å²) in [5.74, 6) is 0.871. The summed E-state index contributed by atoms with van der Waals surface area (Å²) in [6.07, 6.45) is 4.59. The van der Waals surface area contributed by atoms with Gasteiger partial charge < -0.3 is 14.5 Å². The van der Waals surface area contributed by atoms with Crippen LogP contribution in [0.5, 0.6) is 0 Å². The van der Waals surface area contributed by atoms with Crippen LogP contribution in [-0.2, 0) is 26.7 Å². The Morgan fingerprint density at radius 3 is 2.58 bits per heavy atom. The van der Waals surface area contributed by atoms with Gasteiger partial charge in [0.15, 0.2) is 5.79 Å². The molecule has 5 nitrogen and oxygen atoms in total. The molecule has 0 radical (unpaired) electrons. The molecular weight excluding hydrogens is 304 g/mol. The van der Waals surface area contributed by atoms with Crippen molar-refractivity contribution in [1.82, 2.24) is 9.97 Å². The lowest BCUT2D eigenvalue weighted by molar-refractivity contribution is -0.199. The predicted molar refractivity (Wildman–Crippen MR) is 91.2 cm³/mol. The smallest absolute Gasteiger partial charge is 0.254 e. The molecule has 0 amide bonds. The third-order valence-electron chi connectivity index (χ3n) is 6.31. The maximum Gasteiger partial charge on any atom is 0.254 e. The standard InChI is InChI=1S/C19H28N2O3/c1-17(2,3)16-20-14-13(15(22)21-16)6-5-12-11-19(23-9-10-24-19)8-7-18(12,14)4/h12H,5-11H2,1-4H3,(H,20,21,22). The Balaban J connectivity index is 1.77. The Kier molecular flexibility index (Phi) is 3.49. The van der Waals surface area contributed by atoms with E-state index >= 15 is 0 Å². The molecule has 2 heterocycles. The number of ether oxygens (including phenoxy) is 2. The van der Waals surface area contributed by atoms with E-state index < -0.39 is 0 Å². The molecule has 1 saturated heterocycles. The van der Waals surface area contributed by atoms with Gasteiger partial charge in [-0.3, -0.25) is 4.79 Å². The average Bonchev–Trinajstić information content (AvgIpc) is 2.96. The Bertz CT molecular complexity index is 712. The molecule has 1 N–H and O–H groups in total. The first kappa shape index (κ1) is 16.3. The summed E-state index contributed by atoms with van der Waals surface area (Å²) < 4.78 is 11.9. The molecule has 1 aliphatic heterocycles. The van der Waals surface area contributed by atoms with Crippen molar-refractivity contribution in [2.24, 2.45) is 5.92 Å². The van der Waals surface area contributed by atoms with Gasteiger partial charge in [0.1, 0.15) is 5.82 Å². The molecule has 2 unspecified atom stereocenters. The first-order valence-corrected chi connectivity index (χ1v) is 9.16. The van der Waals surface area contributed by atoms with Gasteiger partial charge >= 0.3 is 0 Å². The Labute approximate surface area is 143 Å². The quantitative estimate of drug-likeness (QED) is 0.793. The summed E-state index contributed by atoms with van der Waals surface area (Å²) in [5, 5.41) is 0. The van der Waals surface area contributed by atoms with E-state index in [4.69, 9.17) is 14.5 Å². The number of rotatable bonds is 0. The number of aromatic amines is 1. The van der Waals surface area contributed by atoms with Gasteiger partial charge in [0.2, 0.25) is 0 Å². The SMILES string of the molecule is CC(C)(C)c1nc2c(c(=O)[nH]1)CCC1CC3(CCC21C)OCCO3. The van der Waals surface area contributed by atoms with Crippen LogP contribution in [0.25, 0.3) is 0 Å². The van der Waals surface area contributed by atoms with Crippen LogP contribution >= 0.6 is 0 Å². The van der Waals surface area contributed by atoms with Crippen molar-refractivity contribution in [3.05, 3.63) is 27.4 Å². The maximum atomic E-state index is 12.7. The van der Waals surface area contributed by atoms with Gasteiger partial charge in [-0.15, -0.1) is 0 Å². The summed E-state index contributed by atoms with van der Waals surface area (Å²) in [7, 11) is 0. The molecule has 2 atom stereocenters. The summed E-state index contributed by atoms with van der Waals surface area (Å²) in [5.41, 5.74) is 1.76. The number of nitrogens with zero attached hydrogens (tertiary/aromatic N) is 1. The number of aromatic nitrogens is 2. The zero-order chi connectivity index (χ0) is 17.2. The fourth-order valence-corrected chi connectivity index (χ4v) is 4.72. The van der Waals surface area contributed by atoms with E-state index in [9.17, 15) is 4.79 Å². The minimum atomic E-state index is -0.379. The number of hydrogen-bond donors (Lipinski definition) is 1. The highest BCUT2D eigenvalue weighted by Crippen LogP contribution is 2.53. The highest BCUT2D eigenvalue weighted by Gasteiger charge is 2.53. The molecule has 3 aliphatic rings. The maximum absolute atomic E-state index is 12.7. The minimum absolute atomic E-state index is 0.0532. The molecule has 2 fully saturated rings. The Morgan fingerprint density at radius 2 is 1.92 bits per heavy atom. The van der Waals surface area contributed by atoms with Gasteiger partial charge in [0, 0.05) is 29.2 Å². The molecule has 132 valence electrons. The second kappa shape index (κ2) is 5.15. The molecule has 24 heavy (non-hydrogen) atoms. The second-order valence-corrected chi connectivity index (χ2v) is 8.96. The van der Waals surface area contributed by atoms with Crippen molar-refractivity contribution in [3.63, 3.8) is 0 Å². The topological polar surface area (TPSA) is 64.2 Å². The van der Waals surface area contributed by atoms with Crippen molar-refractivity contribution in [2.75, 3.05) is 13.2 Å². The van der Waals surface area contributed by atoms with Gasteiger partial charge in [0.05, 0.1) is 18.9 Å². The minimum Gasteiger partial charge on any atom is -0.348 e. The van der Waals surface area contributed by atoms with Crippen LogP contribution < -0.4 is 5.56 Å². The van der Waals surface area contributed by atoms with Gasteiger partial charge in [0.25, 0.3) is 5.56 Å². The van der Waals surface area contributed by atoms with Crippen LogP contribution in [0, 0.1) is 5.92 Å². The van der Waals surface area contributed by atoms with Crippen molar-refractivity contribution in [3.8, 4) is 0 Å². The largest absolute Gasteiger partial charge is 0.348 e. The molecule has 0 aromatic carbocycles. The number of H-pyrrole nitrogens is 1. The number of fused-ring (bicyclic) bond motifs is 3. The first-order chi connectivity index (χ1) is 11.2. The van der Waals surface area contributed by atoms with Crippen LogP contribution in [-0.4, -0.2) is 29.0 Å². The molecule has 1 aromatic rings. The van der Waals surface area contributed by atoms with E-state index in [1.165, 1.54) is 0 Å². The predicted octanol–water partition coefficient (Wildman–Crippen LogP) is 2.81. The average molecular weight is 332 g/mol. The normalized spacial score (nSPS) is 31.8. The lowest BCUT2D eigenvalue weighted by Crippen LogP contribution is -2.51. The van der Waals surface area contributed by atoms with Gasteiger partial charge in [-0.2, -0.15) is 0 Å². The Hall–Kier alpha value is -1.20. The van der Waals surface area contributed by atoms with Crippen LogP contribution in [0.15, 0.2) is 4.79 Å². The summed E-state index contributed by atoms with van der Waals surface area (Å²) in [6.45, 7) is 9.97. The summed E-state index contributed by atoms with van der Waals surface area (Å²) >= 11 is 0. The van der Waals surface area contributed by atoms with Crippen LogP contribution in [0.4, 0.5) is 0 Å². The van der Waals surface area contributed by atoms with Crippen LogP contribution in [0.1, 0.15) is 70.5 Å². The fraction of sp³-hybridized carbons (Fsp3) is 0.789. The first-order valence-electron chi connectivity index (χ1n) is 9.16. The van der Waals surface area contributed by atoms with Crippen molar-refractivity contribution in [2.45, 2.75) is 76.4 Å². The zero-order valence-electron chi connectivity index (χ0n) is 15.2. The molecule has 2 aliphatic carbocycles. The van der Waals surface area contributed by atoms with E-state index in [0.717, 1.165) is 49.2 Å². The lowest BCUT2D eigenvalue weighted by atomic mass is 9.58. The van der Waals surface area contributed by atoms with Crippen LogP contribution in [0.3, 0.4) is 0 Å². The third kappa shape index (κ3) is 2.36. The zero-order valence-corrected chi connectivity index (χ0v) is 15.2. The monoisotopic (exact) mass is 332 g/mol. The third-order valence-corrected chi connectivity index (χ3v) is 6.31. The lowest BCUT2D eigenvalue weighted by Gasteiger charge is -2.50. The molecule has 0 bridgehead atoms. The number of nitrogens with one attached hydrogen (secondary N) is 1. The van der Waals surface area contributed by atoms with Crippen molar-refractivity contribution in [1.29, 1.82) is 0 Å². The van der Waals surface area contributed by atoms with E-state index in [0.29, 0.717) is 19.1 Å². The van der Waals surface area contributed by atoms with Crippen molar-refractivity contribution >= 4 is 0 Å². The summed E-state index contributed by atoms with van der Waals surface area (Å²) in [4.78, 5) is 20.7. The summed E-state index contributed by atoms with van der Waals surface area (Å²) in [6, 6.07) is 0. The number of hydrogen-bond acceptors (Lipinski definition) is 4. The molecular formula is C19H28N2O3. The Morgan fingerprint density at radius 1 is 1.21 bits per heavy atom. The second-order valence-electron chi connectivity index (χ2n) is 8.96. The van der Waals surface area contributed by atoms with E-state index in [2.05, 4.69) is 32.7 Å². The van der Waals surface area contributed by atoms with Gasteiger partial charge in [-0.1, -0.05) is 27.7 Å². The highest BCUT2D eigenvalue weighted by molar-refractivity contribution is 5.32. The van der Waals surface area contributed by atoms with E-state index in [1.54, 1.807) is 0 Å². The highest BCUT2D eigenvalue weighted by atomic mass is 16.7. The van der Waals surface area contributed by atoms with E-state index in [1.807, 2.05) is 0 Å². The molecule has 1 aromatic heterocycles. The van der Waals surface area contributed by atoms with Gasteiger partial charge in [-0.25, -0.2) is 4.98 Å². The molecule has 1 saturated carbocycles. The molecule has 4 rings (SSSR count).